The summed E-state index contributed by atoms with van der Waals surface area (Å²) in [5.74, 6) is -0.846. The molecule has 0 saturated carbocycles. The third-order valence-corrected chi connectivity index (χ3v) is 3.41. The van der Waals surface area contributed by atoms with Gasteiger partial charge < -0.3 is 20.1 Å². The summed E-state index contributed by atoms with van der Waals surface area (Å²) in [6, 6.07) is 0. The summed E-state index contributed by atoms with van der Waals surface area (Å²) in [6.45, 7) is 9.14. The van der Waals surface area contributed by atoms with E-state index in [1.807, 2.05) is 20.8 Å². The number of rotatable bonds is 7. The van der Waals surface area contributed by atoms with Crippen LogP contribution < -0.4 is 5.32 Å². The van der Waals surface area contributed by atoms with E-state index in [0.717, 1.165) is 25.8 Å². The van der Waals surface area contributed by atoms with Gasteiger partial charge in [0.2, 0.25) is 0 Å². The molecule has 1 fully saturated rings. The lowest BCUT2D eigenvalue weighted by molar-refractivity contribution is -0.141. The van der Waals surface area contributed by atoms with Gasteiger partial charge in [0.25, 0.3) is 0 Å². The fourth-order valence-electron chi connectivity index (χ4n) is 2.44. The van der Waals surface area contributed by atoms with Crippen molar-refractivity contribution in [2.45, 2.75) is 64.5 Å². The van der Waals surface area contributed by atoms with Gasteiger partial charge in [-0.2, -0.15) is 0 Å². The predicted octanol–water partition coefficient (Wildman–Crippen LogP) is 2.23. The first kappa shape index (κ1) is 17.8. The maximum atomic E-state index is 11.9. The zero-order valence-corrected chi connectivity index (χ0v) is 13.6. The van der Waals surface area contributed by atoms with Crippen LogP contribution in [0.4, 0.5) is 4.79 Å². The largest absolute Gasteiger partial charge is 0.481 e. The summed E-state index contributed by atoms with van der Waals surface area (Å²) in [5.41, 5.74) is -1.03. The molecule has 122 valence electrons. The Balaban J connectivity index is 2.49. The Morgan fingerprint density at radius 3 is 2.38 bits per heavy atom. The number of amides is 1. The van der Waals surface area contributed by atoms with Crippen LogP contribution in [-0.4, -0.2) is 52.8 Å². The van der Waals surface area contributed by atoms with Gasteiger partial charge in [-0.1, -0.05) is 19.8 Å². The van der Waals surface area contributed by atoms with Crippen LogP contribution in [0.15, 0.2) is 0 Å². The zero-order valence-electron chi connectivity index (χ0n) is 13.6. The lowest BCUT2D eigenvalue weighted by Gasteiger charge is -2.49. The molecule has 0 radical (unpaired) electrons. The number of aliphatic carboxylic acids is 1. The Morgan fingerprint density at radius 1 is 1.29 bits per heavy atom. The van der Waals surface area contributed by atoms with Crippen molar-refractivity contribution in [3.05, 3.63) is 0 Å². The standard InChI is InChI=1S/C15H28N2O4/c1-5-6-7-8-16-15(9-12(18)19)10-17(11-15)13(20)21-14(2,3)4/h16H,5-11H2,1-4H3,(H,18,19). The smallest absolute Gasteiger partial charge is 0.410 e. The lowest BCUT2D eigenvalue weighted by Crippen LogP contribution is -2.71. The van der Waals surface area contributed by atoms with Gasteiger partial charge >= 0.3 is 12.1 Å². The van der Waals surface area contributed by atoms with E-state index < -0.39 is 17.1 Å². The highest BCUT2D eigenvalue weighted by Crippen LogP contribution is 2.26. The van der Waals surface area contributed by atoms with E-state index in [4.69, 9.17) is 9.84 Å². The molecule has 0 aromatic heterocycles. The van der Waals surface area contributed by atoms with E-state index in [1.54, 1.807) is 4.90 Å². The highest BCUT2D eigenvalue weighted by Gasteiger charge is 2.47. The Morgan fingerprint density at radius 2 is 1.90 bits per heavy atom. The summed E-state index contributed by atoms with van der Waals surface area (Å²) in [4.78, 5) is 24.5. The van der Waals surface area contributed by atoms with E-state index in [1.165, 1.54) is 0 Å². The van der Waals surface area contributed by atoms with Crippen LogP contribution in [0.3, 0.4) is 0 Å². The minimum atomic E-state index is -0.846. The van der Waals surface area contributed by atoms with Crippen LogP contribution in [0, 0.1) is 0 Å². The van der Waals surface area contributed by atoms with E-state index in [9.17, 15) is 9.59 Å². The molecule has 0 bridgehead atoms. The normalized spacial score (nSPS) is 17.2. The van der Waals surface area contributed by atoms with Crippen molar-refractivity contribution in [1.82, 2.24) is 10.2 Å². The Bertz CT molecular complexity index is 370. The van der Waals surface area contributed by atoms with Crippen LogP contribution in [0.5, 0.6) is 0 Å². The van der Waals surface area contributed by atoms with Gasteiger partial charge in [0.15, 0.2) is 0 Å². The molecule has 1 heterocycles. The molecule has 2 N–H and O–H groups in total. The second-order valence-corrected chi connectivity index (χ2v) is 6.82. The van der Waals surface area contributed by atoms with Gasteiger partial charge in [-0.25, -0.2) is 4.79 Å². The average Bonchev–Trinajstić information content (AvgIpc) is 2.27. The number of carboxylic acids is 1. The average molecular weight is 300 g/mol. The van der Waals surface area contributed by atoms with E-state index in [2.05, 4.69) is 12.2 Å². The Labute approximate surface area is 126 Å². The maximum absolute atomic E-state index is 11.9. The number of ether oxygens (including phenoxy) is 1. The third kappa shape index (κ3) is 5.91. The van der Waals surface area contributed by atoms with E-state index in [0.29, 0.717) is 13.1 Å². The van der Waals surface area contributed by atoms with Gasteiger partial charge in [0, 0.05) is 13.1 Å². The summed E-state index contributed by atoms with van der Waals surface area (Å²) < 4.78 is 5.29. The Kier molecular flexibility index (Phi) is 6.01. The second-order valence-electron chi connectivity index (χ2n) is 6.82. The number of carboxylic acid groups (broad SMARTS) is 1. The molecule has 6 heteroatoms. The van der Waals surface area contributed by atoms with Crippen molar-refractivity contribution in [3.63, 3.8) is 0 Å². The van der Waals surface area contributed by atoms with Crippen molar-refractivity contribution >= 4 is 12.1 Å². The topological polar surface area (TPSA) is 78.9 Å². The van der Waals surface area contributed by atoms with Crippen molar-refractivity contribution in [3.8, 4) is 0 Å². The molecule has 1 saturated heterocycles. The molecule has 6 nitrogen and oxygen atoms in total. The van der Waals surface area contributed by atoms with Gasteiger partial charge in [-0.05, 0) is 33.7 Å². The van der Waals surface area contributed by atoms with Crippen LogP contribution in [0.2, 0.25) is 0 Å². The van der Waals surface area contributed by atoms with Gasteiger partial charge in [0.1, 0.15) is 5.60 Å². The predicted molar refractivity (Wildman–Crippen MR) is 80.3 cm³/mol. The molecule has 0 atom stereocenters. The fraction of sp³-hybridized carbons (Fsp3) is 0.867. The number of hydrogen-bond acceptors (Lipinski definition) is 4. The van der Waals surface area contributed by atoms with Crippen molar-refractivity contribution < 1.29 is 19.4 Å². The minimum absolute atomic E-state index is 0.0262. The molecule has 0 spiro atoms. The van der Waals surface area contributed by atoms with Gasteiger partial charge in [0.05, 0.1) is 12.0 Å². The van der Waals surface area contributed by atoms with Crippen molar-refractivity contribution in [2.24, 2.45) is 0 Å². The van der Waals surface area contributed by atoms with Crippen LogP contribution in [0.25, 0.3) is 0 Å². The van der Waals surface area contributed by atoms with Crippen LogP contribution in [-0.2, 0) is 9.53 Å². The zero-order chi connectivity index (χ0) is 16.1. The molecular formula is C15H28N2O4. The summed E-state index contributed by atoms with van der Waals surface area (Å²) in [6.07, 6.45) is 2.91. The number of nitrogens with zero attached hydrogens (tertiary/aromatic N) is 1. The summed E-state index contributed by atoms with van der Waals surface area (Å²) in [5, 5.41) is 12.4. The summed E-state index contributed by atoms with van der Waals surface area (Å²) in [7, 11) is 0. The van der Waals surface area contributed by atoms with Crippen LogP contribution >= 0.6 is 0 Å². The SMILES string of the molecule is CCCCCNC1(CC(=O)O)CN(C(=O)OC(C)(C)C)C1. The van der Waals surface area contributed by atoms with Gasteiger partial charge in [-0.3, -0.25) is 4.79 Å². The van der Waals surface area contributed by atoms with Crippen molar-refractivity contribution in [1.29, 1.82) is 0 Å². The number of carbonyl (C=O) groups is 2. The first-order valence-corrected chi connectivity index (χ1v) is 7.62. The molecule has 0 unspecified atom stereocenters. The molecule has 0 aromatic carbocycles. The third-order valence-electron chi connectivity index (χ3n) is 3.41. The fourth-order valence-corrected chi connectivity index (χ4v) is 2.44. The number of likely N-dealkylation sites (tertiary alicyclic amines) is 1. The van der Waals surface area contributed by atoms with Crippen LogP contribution in [0.1, 0.15) is 53.4 Å². The van der Waals surface area contributed by atoms with Crippen molar-refractivity contribution in [2.75, 3.05) is 19.6 Å². The minimum Gasteiger partial charge on any atom is -0.481 e. The molecule has 1 aliphatic heterocycles. The Hall–Kier alpha value is -1.30. The number of carbonyl (C=O) groups excluding carboxylic acids is 1. The molecule has 1 rings (SSSR count). The maximum Gasteiger partial charge on any atom is 0.410 e. The van der Waals surface area contributed by atoms with Gasteiger partial charge in [-0.15, -0.1) is 0 Å². The number of unbranched alkanes of at least 4 members (excludes halogenated alkanes) is 2. The highest BCUT2D eigenvalue weighted by molar-refractivity contribution is 5.73. The van der Waals surface area contributed by atoms with E-state index >= 15 is 0 Å². The molecule has 0 aliphatic carbocycles. The number of hydrogen-bond donors (Lipinski definition) is 2. The first-order valence-electron chi connectivity index (χ1n) is 7.62. The second kappa shape index (κ2) is 7.11. The molecule has 1 amide bonds. The first-order chi connectivity index (χ1) is 9.67. The van der Waals surface area contributed by atoms with E-state index in [-0.39, 0.29) is 12.5 Å². The summed E-state index contributed by atoms with van der Waals surface area (Å²) >= 11 is 0. The number of nitrogens with one attached hydrogen (secondary N) is 1. The lowest BCUT2D eigenvalue weighted by atomic mass is 9.86. The molecule has 1 aliphatic rings. The quantitative estimate of drug-likeness (QED) is 0.705. The highest BCUT2D eigenvalue weighted by atomic mass is 16.6. The molecule has 0 aromatic rings. The monoisotopic (exact) mass is 300 g/mol. The molecule has 21 heavy (non-hydrogen) atoms. The molecular weight excluding hydrogens is 272 g/mol.